The van der Waals surface area contributed by atoms with E-state index in [4.69, 9.17) is 9.47 Å². The molecule has 1 atom stereocenters. The molecule has 1 aromatic carbocycles. The fourth-order valence-electron chi connectivity index (χ4n) is 4.16. The van der Waals surface area contributed by atoms with Crippen LogP contribution < -0.4 is 14.4 Å². The van der Waals surface area contributed by atoms with Crippen LogP contribution in [0.1, 0.15) is 48.5 Å². The molecule has 2 aromatic rings. The first-order chi connectivity index (χ1) is 15.1. The number of hydrogen-bond acceptors (Lipinski definition) is 5. The summed E-state index contributed by atoms with van der Waals surface area (Å²) in [5.41, 5.74) is 2.48. The zero-order valence-corrected chi connectivity index (χ0v) is 17.8. The highest BCUT2D eigenvalue weighted by Gasteiger charge is 2.36. The Kier molecular flexibility index (Phi) is 5.26. The van der Waals surface area contributed by atoms with E-state index < -0.39 is 6.10 Å². The topological polar surface area (TPSA) is 72.0 Å². The second kappa shape index (κ2) is 8.21. The molecule has 0 N–H and O–H groups in total. The van der Waals surface area contributed by atoms with Crippen molar-refractivity contribution >= 4 is 17.5 Å². The summed E-state index contributed by atoms with van der Waals surface area (Å²) in [5.74, 6) is 1.76. The minimum absolute atomic E-state index is 0.0493. The predicted octanol–water partition coefficient (Wildman–Crippen LogP) is 3.42. The Morgan fingerprint density at radius 1 is 1.13 bits per heavy atom. The number of pyridine rings is 1. The number of benzene rings is 1. The van der Waals surface area contributed by atoms with Crippen molar-refractivity contribution in [3.05, 3.63) is 47.7 Å². The Labute approximate surface area is 182 Å². The molecule has 2 aliphatic heterocycles. The molecule has 2 fully saturated rings. The van der Waals surface area contributed by atoms with Gasteiger partial charge in [-0.15, -0.1) is 0 Å². The van der Waals surface area contributed by atoms with E-state index >= 15 is 0 Å². The van der Waals surface area contributed by atoms with Gasteiger partial charge >= 0.3 is 0 Å². The Bertz CT molecular complexity index is 987. The number of nitrogens with zero attached hydrogens (tertiary/aromatic N) is 3. The van der Waals surface area contributed by atoms with Gasteiger partial charge in [0, 0.05) is 43.4 Å². The molecule has 1 aliphatic carbocycles. The summed E-state index contributed by atoms with van der Waals surface area (Å²) < 4.78 is 11.6. The number of anilines is 1. The molecule has 31 heavy (non-hydrogen) atoms. The maximum atomic E-state index is 13.0. The van der Waals surface area contributed by atoms with E-state index in [2.05, 4.69) is 11.9 Å². The van der Waals surface area contributed by atoms with E-state index in [0.717, 1.165) is 24.2 Å². The molecular weight excluding hydrogens is 394 g/mol. The lowest BCUT2D eigenvalue weighted by atomic mass is 10.1. The third kappa shape index (κ3) is 4.09. The number of amides is 2. The number of ether oxygens (including phenoxy) is 2. The predicted molar refractivity (Wildman–Crippen MR) is 115 cm³/mol. The molecule has 0 spiro atoms. The van der Waals surface area contributed by atoms with Crippen LogP contribution in [0, 0.1) is 5.92 Å². The van der Waals surface area contributed by atoms with E-state index in [0.29, 0.717) is 49.2 Å². The zero-order chi connectivity index (χ0) is 21.4. The molecule has 1 saturated heterocycles. The average molecular weight is 421 g/mol. The van der Waals surface area contributed by atoms with Gasteiger partial charge in [-0.25, -0.2) is 4.98 Å². The quantitative estimate of drug-likeness (QED) is 0.653. The van der Waals surface area contributed by atoms with Crippen molar-refractivity contribution in [2.24, 2.45) is 5.92 Å². The number of rotatable bonds is 8. The molecule has 5 rings (SSSR count). The molecule has 1 saturated carbocycles. The molecule has 162 valence electrons. The van der Waals surface area contributed by atoms with Crippen LogP contribution in [0.3, 0.4) is 0 Å². The normalized spacial score (nSPS) is 20.4. The van der Waals surface area contributed by atoms with Gasteiger partial charge in [-0.3, -0.25) is 9.59 Å². The van der Waals surface area contributed by atoms with Gasteiger partial charge in [0.25, 0.3) is 11.8 Å². The van der Waals surface area contributed by atoms with Crippen molar-refractivity contribution in [3.63, 3.8) is 0 Å². The molecule has 7 heteroatoms. The van der Waals surface area contributed by atoms with Gasteiger partial charge in [-0.1, -0.05) is 13.0 Å². The highest BCUT2D eigenvalue weighted by atomic mass is 16.5. The number of carbonyl (C=O) groups is 2. The van der Waals surface area contributed by atoms with Gasteiger partial charge in [0.05, 0.1) is 12.8 Å². The van der Waals surface area contributed by atoms with Crippen LogP contribution in [0.5, 0.6) is 11.6 Å². The lowest BCUT2D eigenvalue weighted by Gasteiger charge is -2.18. The number of hydrogen-bond donors (Lipinski definition) is 0. The van der Waals surface area contributed by atoms with Crippen LogP contribution in [0.15, 0.2) is 36.5 Å². The van der Waals surface area contributed by atoms with Crippen LogP contribution in [0.4, 0.5) is 5.69 Å². The van der Waals surface area contributed by atoms with Gasteiger partial charge < -0.3 is 19.3 Å². The third-order valence-electron chi connectivity index (χ3n) is 6.09. The lowest BCUT2D eigenvalue weighted by molar-refractivity contribution is -0.122. The molecule has 0 unspecified atom stereocenters. The Balaban J connectivity index is 1.23. The molecule has 0 radical (unpaired) electrons. The van der Waals surface area contributed by atoms with Crippen molar-refractivity contribution in [2.45, 2.75) is 45.3 Å². The summed E-state index contributed by atoms with van der Waals surface area (Å²) in [5, 5.41) is 0. The van der Waals surface area contributed by atoms with E-state index in [1.54, 1.807) is 23.2 Å². The van der Waals surface area contributed by atoms with Crippen molar-refractivity contribution in [3.8, 4) is 11.6 Å². The van der Waals surface area contributed by atoms with E-state index in [1.165, 1.54) is 12.8 Å². The van der Waals surface area contributed by atoms with Crippen LogP contribution in [-0.4, -0.2) is 47.5 Å². The lowest BCUT2D eigenvalue weighted by Crippen LogP contribution is -2.32. The van der Waals surface area contributed by atoms with Crippen molar-refractivity contribution in [1.82, 2.24) is 9.88 Å². The van der Waals surface area contributed by atoms with Gasteiger partial charge in [0.1, 0.15) is 5.75 Å². The minimum atomic E-state index is -0.555. The van der Waals surface area contributed by atoms with Crippen LogP contribution in [-0.2, 0) is 11.3 Å². The maximum Gasteiger partial charge on any atom is 0.268 e. The second-order valence-electron chi connectivity index (χ2n) is 8.54. The van der Waals surface area contributed by atoms with Crippen LogP contribution >= 0.6 is 0 Å². The summed E-state index contributed by atoms with van der Waals surface area (Å²) >= 11 is 0. The summed E-state index contributed by atoms with van der Waals surface area (Å²) in [6, 6.07) is 9.31. The molecule has 0 bridgehead atoms. The maximum absolute atomic E-state index is 13.0. The smallest absolute Gasteiger partial charge is 0.268 e. The Morgan fingerprint density at radius 2 is 2.00 bits per heavy atom. The first kappa shape index (κ1) is 19.8. The van der Waals surface area contributed by atoms with E-state index in [1.807, 2.05) is 23.1 Å². The van der Waals surface area contributed by atoms with Crippen LogP contribution in [0.2, 0.25) is 0 Å². The zero-order valence-electron chi connectivity index (χ0n) is 17.8. The summed E-state index contributed by atoms with van der Waals surface area (Å²) in [6.07, 6.45) is 5.03. The number of fused-ring (bicyclic) bond motifs is 1. The fraction of sp³-hybridized carbons (Fsp3) is 0.458. The molecule has 7 nitrogen and oxygen atoms in total. The largest absolute Gasteiger partial charge is 0.479 e. The fourth-order valence-corrected chi connectivity index (χ4v) is 4.16. The first-order valence-electron chi connectivity index (χ1n) is 11.1. The van der Waals surface area contributed by atoms with E-state index in [-0.39, 0.29) is 11.8 Å². The highest BCUT2D eigenvalue weighted by Crippen LogP contribution is 2.31. The average Bonchev–Trinajstić information content (AvgIpc) is 3.48. The summed E-state index contributed by atoms with van der Waals surface area (Å²) in [6.45, 7) is 4.73. The van der Waals surface area contributed by atoms with Crippen molar-refractivity contribution in [2.75, 3.05) is 24.6 Å². The molecular formula is C24H27N3O4. The molecule has 3 aliphatic rings. The summed E-state index contributed by atoms with van der Waals surface area (Å²) in [7, 11) is 0. The Morgan fingerprint density at radius 3 is 2.74 bits per heavy atom. The van der Waals surface area contributed by atoms with Gasteiger partial charge in [-0.2, -0.15) is 0 Å². The van der Waals surface area contributed by atoms with Crippen molar-refractivity contribution in [1.29, 1.82) is 0 Å². The number of aromatic nitrogens is 1. The molecule has 2 amide bonds. The SMILES string of the molecule is CCCN1Cc2ccc(N3CC[C@@H](Oc4ccc(OCC5CC5)nc4)C3=O)cc2C1=O. The summed E-state index contributed by atoms with van der Waals surface area (Å²) in [4.78, 5) is 33.5. The highest BCUT2D eigenvalue weighted by molar-refractivity contribution is 6.02. The number of carbonyl (C=O) groups excluding carboxylic acids is 2. The Hall–Kier alpha value is -3.09. The first-order valence-corrected chi connectivity index (χ1v) is 11.1. The van der Waals surface area contributed by atoms with Gasteiger partial charge in [0.2, 0.25) is 5.88 Å². The van der Waals surface area contributed by atoms with E-state index in [9.17, 15) is 9.59 Å². The standard InChI is InChI=1S/C24H27N3O4/c1-2-10-26-14-17-5-6-18(12-20(17)23(26)28)27-11-9-21(24(27)29)31-19-7-8-22(25-13-19)30-15-16-3-4-16/h5-8,12-13,16,21H,2-4,9-11,14-15H2,1H3/t21-/m1/s1. The van der Waals surface area contributed by atoms with Gasteiger partial charge in [0.15, 0.2) is 6.10 Å². The van der Waals surface area contributed by atoms with Crippen molar-refractivity contribution < 1.29 is 19.1 Å². The monoisotopic (exact) mass is 421 g/mol. The molecule has 1 aromatic heterocycles. The van der Waals surface area contributed by atoms with Gasteiger partial charge in [-0.05, 0) is 48.9 Å². The molecule has 3 heterocycles. The minimum Gasteiger partial charge on any atom is -0.479 e. The second-order valence-corrected chi connectivity index (χ2v) is 8.54. The third-order valence-corrected chi connectivity index (χ3v) is 6.09. The van der Waals surface area contributed by atoms with Crippen LogP contribution in [0.25, 0.3) is 0 Å².